The summed E-state index contributed by atoms with van der Waals surface area (Å²) >= 11 is 1.23. The first-order valence-corrected chi connectivity index (χ1v) is 15.8. The molecule has 2 amide bonds. The molecule has 1 unspecified atom stereocenters. The van der Waals surface area contributed by atoms with Gasteiger partial charge in [-0.2, -0.15) is 0 Å². The molecular weight excluding hydrogens is 592 g/mol. The van der Waals surface area contributed by atoms with E-state index >= 15 is 0 Å². The van der Waals surface area contributed by atoms with Gasteiger partial charge in [-0.3, -0.25) is 14.6 Å². The Balaban J connectivity index is 1.98. The van der Waals surface area contributed by atoms with Crippen molar-refractivity contribution < 1.29 is 33.3 Å². The summed E-state index contributed by atoms with van der Waals surface area (Å²) in [4.78, 5) is 44.9. The van der Waals surface area contributed by atoms with Crippen LogP contribution in [-0.2, 0) is 27.4 Å². The standard InChI is InChI=1S/C35H44N2O7S/c1-25(2)23-43-34(39)36(20-27-12-16-29(41-5)17-13-27)22-32(38)33(45-31-10-8-7-9-11-31)37(35(40)44-24-26(3)4)21-28-14-18-30(42-6)19-15-28/h7-19,25-26,33H,20-24H2,1-6H3. The number of benzene rings is 3. The molecule has 0 bridgehead atoms. The second kappa shape index (κ2) is 17.9. The molecule has 3 aromatic carbocycles. The first-order valence-electron chi connectivity index (χ1n) is 14.9. The van der Waals surface area contributed by atoms with E-state index < -0.39 is 17.6 Å². The molecule has 0 spiro atoms. The van der Waals surface area contributed by atoms with Crippen molar-refractivity contribution in [3.63, 3.8) is 0 Å². The number of carbonyl (C=O) groups is 3. The first kappa shape index (κ1) is 35.3. The van der Waals surface area contributed by atoms with E-state index in [9.17, 15) is 14.4 Å². The molecule has 0 aromatic heterocycles. The number of hydrogen-bond acceptors (Lipinski definition) is 8. The molecule has 3 aromatic rings. The Morgan fingerprint density at radius 3 is 1.64 bits per heavy atom. The molecule has 242 valence electrons. The molecule has 0 aliphatic heterocycles. The first-order chi connectivity index (χ1) is 21.6. The minimum absolute atomic E-state index is 0.100. The number of amides is 2. The molecule has 0 radical (unpaired) electrons. The van der Waals surface area contributed by atoms with Crippen molar-refractivity contribution in [2.45, 2.75) is 51.1 Å². The van der Waals surface area contributed by atoms with Gasteiger partial charge in [0.15, 0.2) is 5.78 Å². The number of ether oxygens (including phenoxy) is 4. The van der Waals surface area contributed by atoms with Crippen molar-refractivity contribution in [2.75, 3.05) is 34.0 Å². The van der Waals surface area contributed by atoms with E-state index in [1.54, 1.807) is 38.5 Å². The number of Topliss-reactive ketones (excluding diaryl/α,β-unsaturated/α-hetero) is 1. The van der Waals surface area contributed by atoms with E-state index in [0.29, 0.717) is 11.5 Å². The van der Waals surface area contributed by atoms with Crippen molar-refractivity contribution >= 4 is 29.7 Å². The van der Waals surface area contributed by atoms with Crippen LogP contribution >= 0.6 is 11.8 Å². The summed E-state index contributed by atoms with van der Waals surface area (Å²) < 4.78 is 21.8. The zero-order chi connectivity index (χ0) is 32.8. The maximum Gasteiger partial charge on any atom is 0.411 e. The van der Waals surface area contributed by atoms with Crippen molar-refractivity contribution in [1.29, 1.82) is 0 Å². The average molecular weight is 637 g/mol. The van der Waals surface area contributed by atoms with Gasteiger partial charge in [0, 0.05) is 11.4 Å². The van der Waals surface area contributed by atoms with Crippen LogP contribution < -0.4 is 9.47 Å². The quantitative estimate of drug-likeness (QED) is 0.120. The molecule has 0 saturated heterocycles. The number of rotatable bonds is 16. The summed E-state index contributed by atoms with van der Waals surface area (Å²) in [5.74, 6) is 1.21. The SMILES string of the molecule is COc1ccc(CN(CC(=O)C(Sc2ccccc2)N(Cc2ccc(OC)cc2)C(=O)OCC(C)C)C(=O)OCC(C)C)cc1. The zero-order valence-electron chi connectivity index (χ0n) is 26.9. The van der Waals surface area contributed by atoms with Crippen LogP contribution in [0.4, 0.5) is 9.59 Å². The second-order valence-electron chi connectivity index (χ2n) is 11.4. The summed E-state index contributed by atoms with van der Waals surface area (Å²) in [5, 5.41) is -1.01. The zero-order valence-corrected chi connectivity index (χ0v) is 27.8. The van der Waals surface area contributed by atoms with E-state index in [2.05, 4.69) is 0 Å². The number of carbonyl (C=O) groups excluding carboxylic acids is 3. The largest absolute Gasteiger partial charge is 0.497 e. The van der Waals surface area contributed by atoms with Crippen LogP contribution in [0, 0.1) is 11.8 Å². The fraction of sp³-hybridized carbons (Fsp3) is 0.400. The van der Waals surface area contributed by atoms with Crippen molar-refractivity contribution in [3.05, 3.63) is 90.0 Å². The van der Waals surface area contributed by atoms with Crippen LogP contribution in [0.3, 0.4) is 0 Å². The monoisotopic (exact) mass is 636 g/mol. The van der Waals surface area contributed by atoms with Gasteiger partial charge < -0.3 is 18.9 Å². The molecule has 0 aliphatic carbocycles. The molecule has 45 heavy (non-hydrogen) atoms. The fourth-order valence-electron chi connectivity index (χ4n) is 4.15. The molecule has 0 aliphatic rings. The highest BCUT2D eigenvalue weighted by Gasteiger charge is 2.34. The predicted molar refractivity (Wildman–Crippen MR) is 175 cm³/mol. The topological polar surface area (TPSA) is 94.6 Å². The maximum absolute atomic E-state index is 14.3. The molecular formula is C35H44N2O7S. The highest BCUT2D eigenvalue weighted by Crippen LogP contribution is 2.29. The number of nitrogens with zero attached hydrogens (tertiary/aromatic N) is 2. The third kappa shape index (κ3) is 11.7. The van der Waals surface area contributed by atoms with Gasteiger partial charge in [0.25, 0.3) is 0 Å². The lowest BCUT2D eigenvalue weighted by molar-refractivity contribution is -0.122. The smallest absolute Gasteiger partial charge is 0.411 e. The van der Waals surface area contributed by atoms with Crippen molar-refractivity contribution in [2.24, 2.45) is 11.8 Å². The minimum atomic E-state index is -1.01. The summed E-state index contributed by atoms with van der Waals surface area (Å²) in [6, 6.07) is 23.9. The Morgan fingerprint density at radius 1 is 0.667 bits per heavy atom. The van der Waals surface area contributed by atoms with E-state index in [0.717, 1.165) is 16.0 Å². The van der Waals surface area contributed by atoms with Crippen LogP contribution in [0.2, 0.25) is 0 Å². The van der Waals surface area contributed by atoms with Gasteiger partial charge in [-0.05, 0) is 59.4 Å². The number of thioether (sulfide) groups is 1. The van der Waals surface area contributed by atoms with E-state index in [1.807, 2.05) is 82.3 Å². The average Bonchev–Trinajstić information content (AvgIpc) is 3.04. The Morgan fingerprint density at radius 2 is 1.16 bits per heavy atom. The lowest BCUT2D eigenvalue weighted by Crippen LogP contribution is -2.47. The van der Waals surface area contributed by atoms with Gasteiger partial charge in [-0.1, -0.05) is 81.9 Å². The molecule has 10 heteroatoms. The molecule has 3 rings (SSSR count). The lowest BCUT2D eigenvalue weighted by Gasteiger charge is -2.32. The summed E-state index contributed by atoms with van der Waals surface area (Å²) in [7, 11) is 3.16. The summed E-state index contributed by atoms with van der Waals surface area (Å²) in [6.07, 6.45) is -1.23. The van der Waals surface area contributed by atoms with Crippen LogP contribution in [0.1, 0.15) is 38.8 Å². The van der Waals surface area contributed by atoms with E-state index in [-0.39, 0.29) is 50.5 Å². The predicted octanol–water partition coefficient (Wildman–Crippen LogP) is 7.28. The number of methoxy groups -OCH3 is 2. The third-order valence-electron chi connectivity index (χ3n) is 6.51. The van der Waals surface area contributed by atoms with Crippen molar-refractivity contribution in [3.8, 4) is 11.5 Å². The number of hydrogen-bond donors (Lipinski definition) is 0. The molecule has 0 fully saturated rings. The van der Waals surface area contributed by atoms with Crippen molar-refractivity contribution in [1.82, 2.24) is 9.80 Å². The third-order valence-corrected chi connectivity index (χ3v) is 7.80. The normalized spacial score (nSPS) is 11.6. The molecule has 1 atom stereocenters. The maximum atomic E-state index is 14.3. The Bertz CT molecular complexity index is 1350. The second-order valence-corrected chi connectivity index (χ2v) is 12.5. The lowest BCUT2D eigenvalue weighted by atomic mass is 10.2. The van der Waals surface area contributed by atoms with Gasteiger partial charge >= 0.3 is 12.2 Å². The molecule has 0 saturated carbocycles. The highest BCUT2D eigenvalue weighted by atomic mass is 32.2. The molecule has 0 N–H and O–H groups in total. The summed E-state index contributed by atoms with van der Waals surface area (Å²) in [5.41, 5.74) is 1.58. The van der Waals surface area contributed by atoms with Gasteiger partial charge in [0.1, 0.15) is 16.9 Å². The van der Waals surface area contributed by atoms with Gasteiger partial charge in [0.05, 0.1) is 40.5 Å². The summed E-state index contributed by atoms with van der Waals surface area (Å²) in [6.45, 7) is 8.13. The van der Waals surface area contributed by atoms with Gasteiger partial charge in [-0.15, -0.1) is 0 Å². The Labute approximate surface area is 270 Å². The molecule has 9 nitrogen and oxygen atoms in total. The van der Waals surface area contributed by atoms with Gasteiger partial charge in [0.2, 0.25) is 0 Å². The van der Waals surface area contributed by atoms with Crippen LogP contribution in [0.5, 0.6) is 11.5 Å². The Hall–Kier alpha value is -4.18. The van der Waals surface area contributed by atoms with Crippen LogP contribution in [0.25, 0.3) is 0 Å². The highest BCUT2D eigenvalue weighted by molar-refractivity contribution is 8.00. The van der Waals surface area contributed by atoms with Crippen LogP contribution in [-0.4, -0.2) is 67.1 Å². The van der Waals surface area contributed by atoms with E-state index in [4.69, 9.17) is 18.9 Å². The number of ketones is 1. The van der Waals surface area contributed by atoms with E-state index in [1.165, 1.54) is 21.6 Å². The Kier molecular flexibility index (Phi) is 14.1. The fourth-order valence-corrected chi connectivity index (χ4v) is 5.22. The molecule has 0 heterocycles. The minimum Gasteiger partial charge on any atom is -0.497 e. The van der Waals surface area contributed by atoms with Crippen LogP contribution in [0.15, 0.2) is 83.8 Å². The van der Waals surface area contributed by atoms with Gasteiger partial charge in [-0.25, -0.2) is 9.59 Å².